The van der Waals surface area contributed by atoms with Gasteiger partial charge in [-0.05, 0) is 26.7 Å². The number of methoxy groups -OCH3 is 1. The zero-order valence-corrected chi connectivity index (χ0v) is 8.34. The van der Waals surface area contributed by atoms with Crippen molar-refractivity contribution in [1.82, 2.24) is 4.90 Å². The van der Waals surface area contributed by atoms with Crippen molar-refractivity contribution in [3.8, 4) is 0 Å². The number of nitrogens with zero attached hydrogens (tertiary/aromatic N) is 1. The number of likely N-dealkylation sites (tertiary alicyclic amines) is 1. The van der Waals surface area contributed by atoms with Gasteiger partial charge in [0.1, 0.15) is 0 Å². The first-order valence-corrected chi connectivity index (χ1v) is 4.95. The van der Waals surface area contributed by atoms with Crippen molar-refractivity contribution in [2.24, 2.45) is 5.41 Å². The zero-order chi connectivity index (χ0) is 8.77. The van der Waals surface area contributed by atoms with Crippen molar-refractivity contribution in [2.45, 2.75) is 38.8 Å². The van der Waals surface area contributed by atoms with Gasteiger partial charge in [-0.25, -0.2) is 0 Å². The summed E-state index contributed by atoms with van der Waals surface area (Å²) in [6.07, 6.45) is 3.28. The van der Waals surface area contributed by atoms with E-state index in [0.717, 1.165) is 6.54 Å². The van der Waals surface area contributed by atoms with Crippen LogP contribution in [-0.2, 0) is 4.74 Å². The highest BCUT2D eigenvalue weighted by Crippen LogP contribution is 2.54. The van der Waals surface area contributed by atoms with Gasteiger partial charge >= 0.3 is 0 Å². The SMILES string of the molecule is CO[C@H]1CN(C(C)C)CC12CC2. The van der Waals surface area contributed by atoms with Gasteiger partial charge in [0.25, 0.3) is 0 Å². The van der Waals surface area contributed by atoms with Gasteiger partial charge in [-0.3, -0.25) is 4.90 Å². The topological polar surface area (TPSA) is 12.5 Å². The first-order valence-electron chi connectivity index (χ1n) is 4.95. The summed E-state index contributed by atoms with van der Waals surface area (Å²) in [4.78, 5) is 2.54. The van der Waals surface area contributed by atoms with E-state index in [0.29, 0.717) is 17.6 Å². The van der Waals surface area contributed by atoms with E-state index < -0.39 is 0 Å². The van der Waals surface area contributed by atoms with Gasteiger partial charge in [-0.15, -0.1) is 0 Å². The third-order valence-corrected chi connectivity index (χ3v) is 3.51. The van der Waals surface area contributed by atoms with Crippen molar-refractivity contribution in [2.75, 3.05) is 20.2 Å². The van der Waals surface area contributed by atoms with E-state index >= 15 is 0 Å². The molecule has 0 N–H and O–H groups in total. The Kier molecular flexibility index (Phi) is 1.92. The van der Waals surface area contributed by atoms with Crippen LogP contribution in [0.2, 0.25) is 0 Å². The first-order chi connectivity index (χ1) is 5.68. The highest BCUT2D eigenvalue weighted by Gasteiger charge is 2.55. The predicted octanol–water partition coefficient (Wildman–Crippen LogP) is 1.51. The summed E-state index contributed by atoms with van der Waals surface area (Å²) < 4.78 is 5.53. The number of rotatable bonds is 2. The molecular formula is C10H19NO. The van der Waals surface area contributed by atoms with Gasteiger partial charge in [-0.1, -0.05) is 0 Å². The van der Waals surface area contributed by atoms with Crippen molar-refractivity contribution in [3.05, 3.63) is 0 Å². The van der Waals surface area contributed by atoms with Crippen LogP contribution in [0.15, 0.2) is 0 Å². The molecule has 2 fully saturated rings. The van der Waals surface area contributed by atoms with Gasteiger partial charge in [0.15, 0.2) is 0 Å². The molecule has 1 saturated carbocycles. The first kappa shape index (κ1) is 8.52. The molecule has 1 atom stereocenters. The molecule has 0 aromatic rings. The van der Waals surface area contributed by atoms with Crippen LogP contribution in [0.25, 0.3) is 0 Å². The highest BCUT2D eigenvalue weighted by atomic mass is 16.5. The Bertz CT molecular complexity index is 175. The third-order valence-electron chi connectivity index (χ3n) is 3.51. The molecular weight excluding hydrogens is 150 g/mol. The number of hydrogen-bond acceptors (Lipinski definition) is 2. The van der Waals surface area contributed by atoms with Gasteiger partial charge in [-0.2, -0.15) is 0 Å². The highest BCUT2D eigenvalue weighted by molar-refractivity contribution is 5.07. The average Bonchev–Trinajstić information content (AvgIpc) is 2.64. The second-order valence-corrected chi connectivity index (χ2v) is 4.61. The minimum Gasteiger partial charge on any atom is -0.379 e. The second-order valence-electron chi connectivity index (χ2n) is 4.61. The smallest absolute Gasteiger partial charge is 0.0766 e. The molecule has 70 valence electrons. The predicted molar refractivity (Wildman–Crippen MR) is 49.2 cm³/mol. The van der Waals surface area contributed by atoms with E-state index in [-0.39, 0.29) is 0 Å². The van der Waals surface area contributed by atoms with Crippen LogP contribution in [0.1, 0.15) is 26.7 Å². The maximum absolute atomic E-state index is 5.53. The molecule has 2 heteroatoms. The van der Waals surface area contributed by atoms with Crippen LogP contribution in [0.4, 0.5) is 0 Å². The number of hydrogen-bond donors (Lipinski definition) is 0. The summed E-state index contributed by atoms with van der Waals surface area (Å²) in [5.41, 5.74) is 0.568. The van der Waals surface area contributed by atoms with Crippen LogP contribution in [0, 0.1) is 5.41 Å². The van der Waals surface area contributed by atoms with E-state index in [1.54, 1.807) is 0 Å². The summed E-state index contributed by atoms with van der Waals surface area (Å²) in [6.45, 7) is 6.96. The molecule has 2 rings (SSSR count). The van der Waals surface area contributed by atoms with Crippen LogP contribution < -0.4 is 0 Å². The molecule has 1 aliphatic carbocycles. The van der Waals surface area contributed by atoms with Crippen molar-refractivity contribution in [1.29, 1.82) is 0 Å². The minimum atomic E-state index is 0.514. The molecule has 2 nitrogen and oxygen atoms in total. The quantitative estimate of drug-likeness (QED) is 0.621. The van der Waals surface area contributed by atoms with E-state index in [9.17, 15) is 0 Å². The molecule has 0 aromatic carbocycles. The fourth-order valence-electron chi connectivity index (χ4n) is 2.34. The van der Waals surface area contributed by atoms with Crippen LogP contribution in [0.5, 0.6) is 0 Å². The Balaban J connectivity index is 2.01. The molecule has 1 aliphatic heterocycles. The van der Waals surface area contributed by atoms with Crippen LogP contribution >= 0.6 is 0 Å². The van der Waals surface area contributed by atoms with Crippen LogP contribution in [0.3, 0.4) is 0 Å². The summed E-state index contributed by atoms with van der Waals surface area (Å²) >= 11 is 0. The van der Waals surface area contributed by atoms with E-state index in [1.165, 1.54) is 19.4 Å². The van der Waals surface area contributed by atoms with Crippen molar-refractivity contribution >= 4 is 0 Å². The molecule has 1 heterocycles. The third kappa shape index (κ3) is 1.17. The summed E-state index contributed by atoms with van der Waals surface area (Å²) in [5.74, 6) is 0. The molecule has 0 amide bonds. The zero-order valence-electron chi connectivity index (χ0n) is 8.34. The average molecular weight is 169 g/mol. The van der Waals surface area contributed by atoms with Crippen molar-refractivity contribution in [3.63, 3.8) is 0 Å². The Morgan fingerprint density at radius 1 is 1.42 bits per heavy atom. The molecule has 0 radical (unpaired) electrons. The van der Waals surface area contributed by atoms with Crippen LogP contribution in [-0.4, -0.2) is 37.2 Å². The maximum Gasteiger partial charge on any atom is 0.0766 e. The fraction of sp³-hybridized carbons (Fsp3) is 1.00. The fourth-order valence-corrected chi connectivity index (χ4v) is 2.34. The normalized spacial score (nSPS) is 33.5. The lowest BCUT2D eigenvalue weighted by Gasteiger charge is -2.19. The van der Waals surface area contributed by atoms with E-state index in [1.807, 2.05) is 7.11 Å². The molecule has 2 aliphatic rings. The number of ether oxygens (including phenoxy) is 1. The lowest BCUT2D eigenvalue weighted by molar-refractivity contribution is 0.0687. The molecule has 1 spiro atoms. The van der Waals surface area contributed by atoms with Gasteiger partial charge in [0.05, 0.1) is 6.10 Å². The Morgan fingerprint density at radius 3 is 2.42 bits per heavy atom. The van der Waals surface area contributed by atoms with Gasteiger partial charge in [0, 0.05) is 31.7 Å². The second kappa shape index (κ2) is 2.71. The molecule has 0 unspecified atom stereocenters. The summed E-state index contributed by atoms with van der Waals surface area (Å²) in [7, 11) is 1.86. The van der Waals surface area contributed by atoms with Crippen molar-refractivity contribution < 1.29 is 4.74 Å². The molecule has 1 saturated heterocycles. The minimum absolute atomic E-state index is 0.514. The van der Waals surface area contributed by atoms with Gasteiger partial charge < -0.3 is 4.74 Å². The summed E-state index contributed by atoms with van der Waals surface area (Å²) in [5, 5.41) is 0. The Hall–Kier alpha value is -0.0800. The lowest BCUT2D eigenvalue weighted by atomic mass is 10.0. The van der Waals surface area contributed by atoms with E-state index in [4.69, 9.17) is 4.74 Å². The molecule has 12 heavy (non-hydrogen) atoms. The summed E-state index contributed by atoms with van der Waals surface area (Å²) in [6, 6.07) is 0.683. The standard InChI is InChI=1S/C10H19NO/c1-8(2)11-6-9(12-3)10(7-11)4-5-10/h8-9H,4-7H2,1-3H3/t9-/m0/s1. The lowest BCUT2D eigenvalue weighted by Crippen LogP contribution is -2.29. The van der Waals surface area contributed by atoms with Gasteiger partial charge in [0.2, 0.25) is 0 Å². The molecule has 0 bridgehead atoms. The monoisotopic (exact) mass is 169 g/mol. The molecule has 0 aromatic heterocycles. The maximum atomic E-state index is 5.53. The van der Waals surface area contributed by atoms with E-state index in [2.05, 4.69) is 18.7 Å². The Morgan fingerprint density at radius 2 is 2.08 bits per heavy atom. The Labute approximate surface area is 74.9 Å². The largest absolute Gasteiger partial charge is 0.379 e.